The highest BCUT2D eigenvalue weighted by molar-refractivity contribution is 7.71. The second-order valence-electron chi connectivity index (χ2n) is 5.00. The van der Waals surface area contributed by atoms with Crippen LogP contribution in [0.25, 0.3) is 0 Å². The fourth-order valence-electron chi connectivity index (χ4n) is 2.58. The summed E-state index contributed by atoms with van der Waals surface area (Å²) in [6.07, 6.45) is 6.06. The predicted octanol–water partition coefficient (Wildman–Crippen LogP) is 4.00. The van der Waals surface area contributed by atoms with E-state index in [1.807, 2.05) is 6.07 Å². The number of aromatic amines is 1. The van der Waals surface area contributed by atoms with Crippen molar-refractivity contribution in [3.05, 3.63) is 22.2 Å². The highest BCUT2D eigenvalue weighted by Crippen LogP contribution is 2.36. The minimum absolute atomic E-state index is 0.605. The zero-order chi connectivity index (χ0) is 11.5. The van der Waals surface area contributed by atoms with E-state index in [-0.39, 0.29) is 0 Å². The molecule has 1 aromatic heterocycles. The maximum Gasteiger partial charge on any atom is 0.129 e. The van der Waals surface area contributed by atoms with Gasteiger partial charge in [-0.25, -0.2) is 4.98 Å². The lowest BCUT2D eigenvalue weighted by molar-refractivity contribution is 0.583. The Hall–Kier alpha value is -0.700. The van der Waals surface area contributed by atoms with Crippen LogP contribution in [-0.4, -0.2) is 9.97 Å². The molecule has 0 bridgehead atoms. The van der Waals surface area contributed by atoms with Gasteiger partial charge in [0.2, 0.25) is 0 Å². The summed E-state index contributed by atoms with van der Waals surface area (Å²) in [7, 11) is 0. The molecule has 0 saturated heterocycles. The lowest BCUT2D eigenvalue weighted by atomic mass is 10.1. The van der Waals surface area contributed by atoms with Crippen molar-refractivity contribution in [1.82, 2.24) is 9.97 Å². The summed E-state index contributed by atoms with van der Waals surface area (Å²) in [6, 6.07) is 2.00. The average molecular weight is 236 g/mol. The van der Waals surface area contributed by atoms with Gasteiger partial charge in [-0.2, -0.15) is 0 Å². The Labute approximate surface area is 103 Å². The van der Waals surface area contributed by atoms with Crippen molar-refractivity contribution in [1.29, 1.82) is 0 Å². The van der Waals surface area contributed by atoms with Gasteiger partial charge in [0, 0.05) is 11.6 Å². The molecule has 2 rings (SSSR count). The molecule has 16 heavy (non-hydrogen) atoms. The van der Waals surface area contributed by atoms with Gasteiger partial charge in [0.15, 0.2) is 0 Å². The molecule has 0 aromatic carbocycles. The van der Waals surface area contributed by atoms with Crippen LogP contribution in [0.2, 0.25) is 0 Å². The normalized spacial score (nSPS) is 24.9. The van der Waals surface area contributed by atoms with E-state index in [1.165, 1.54) is 25.0 Å². The van der Waals surface area contributed by atoms with E-state index in [0.717, 1.165) is 29.2 Å². The van der Waals surface area contributed by atoms with Crippen LogP contribution in [0.5, 0.6) is 0 Å². The van der Waals surface area contributed by atoms with E-state index >= 15 is 0 Å². The fourth-order valence-corrected chi connectivity index (χ4v) is 2.82. The molecule has 1 N–H and O–H groups in total. The van der Waals surface area contributed by atoms with E-state index in [0.29, 0.717) is 5.92 Å². The Morgan fingerprint density at radius 3 is 2.94 bits per heavy atom. The van der Waals surface area contributed by atoms with Crippen LogP contribution in [0.4, 0.5) is 0 Å². The van der Waals surface area contributed by atoms with E-state index in [9.17, 15) is 0 Å². The van der Waals surface area contributed by atoms with Crippen molar-refractivity contribution in [2.75, 3.05) is 0 Å². The van der Waals surface area contributed by atoms with Gasteiger partial charge < -0.3 is 4.98 Å². The molecule has 0 amide bonds. The number of hydrogen-bond donors (Lipinski definition) is 1. The first-order chi connectivity index (χ1) is 7.69. The monoisotopic (exact) mass is 236 g/mol. The molecular formula is C13H20N2S. The Bertz CT molecular complexity index is 411. The van der Waals surface area contributed by atoms with Gasteiger partial charge in [-0.15, -0.1) is 0 Å². The van der Waals surface area contributed by atoms with Gasteiger partial charge in [-0.1, -0.05) is 32.5 Å². The van der Waals surface area contributed by atoms with Crippen molar-refractivity contribution in [2.45, 2.75) is 51.9 Å². The largest absolute Gasteiger partial charge is 0.347 e. The van der Waals surface area contributed by atoms with Crippen LogP contribution >= 0.6 is 12.2 Å². The lowest BCUT2D eigenvalue weighted by Crippen LogP contribution is -2.04. The van der Waals surface area contributed by atoms with E-state index < -0.39 is 0 Å². The van der Waals surface area contributed by atoms with Crippen LogP contribution in [0.15, 0.2) is 6.07 Å². The van der Waals surface area contributed by atoms with Crippen molar-refractivity contribution in [2.24, 2.45) is 5.92 Å². The molecule has 1 aliphatic rings. The number of rotatable bonds is 3. The molecule has 2 atom stereocenters. The first kappa shape index (κ1) is 11.8. The number of H-pyrrole nitrogens is 1. The van der Waals surface area contributed by atoms with Gasteiger partial charge >= 0.3 is 0 Å². The number of hydrogen-bond acceptors (Lipinski definition) is 2. The molecule has 2 nitrogen and oxygen atoms in total. The number of aryl methyl sites for hydroxylation is 1. The number of nitrogens with one attached hydrogen (secondary N) is 1. The Balaban J connectivity index is 2.23. The molecule has 2 unspecified atom stereocenters. The average Bonchev–Trinajstić information content (AvgIpc) is 2.64. The van der Waals surface area contributed by atoms with E-state index in [4.69, 9.17) is 12.2 Å². The molecule has 3 heteroatoms. The number of aromatic nitrogens is 2. The second kappa shape index (κ2) is 5.09. The van der Waals surface area contributed by atoms with Crippen molar-refractivity contribution < 1.29 is 0 Å². The summed E-state index contributed by atoms with van der Waals surface area (Å²) in [5, 5.41) is 0. The molecule has 1 fully saturated rings. The van der Waals surface area contributed by atoms with Gasteiger partial charge in [-0.3, -0.25) is 0 Å². The quantitative estimate of drug-likeness (QED) is 0.804. The fraction of sp³-hybridized carbons (Fsp3) is 0.692. The van der Waals surface area contributed by atoms with Crippen molar-refractivity contribution >= 4 is 12.2 Å². The zero-order valence-corrected chi connectivity index (χ0v) is 10.9. The lowest BCUT2D eigenvalue weighted by Gasteiger charge is -2.11. The van der Waals surface area contributed by atoms with Gasteiger partial charge in [0.1, 0.15) is 10.5 Å². The molecule has 0 radical (unpaired) electrons. The van der Waals surface area contributed by atoms with Gasteiger partial charge in [-0.05, 0) is 37.7 Å². The topological polar surface area (TPSA) is 28.7 Å². The van der Waals surface area contributed by atoms with Crippen molar-refractivity contribution in [3.8, 4) is 0 Å². The van der Waals surface area contributed by atoms with Crippen molar-refractivity contribution in [3.63, 3.8) is 0 Å². The SMILES string of the molecule is CCCc1cc(=S)nc(C2CCC(C)C2)[nH]1. The minimum Gasteiger partial charge on any atom is -0.347 e. The Morgan fingerprint density at radius 1 is 1.50 bits per heavy atom. The summed E-state index contributed by atoms with van der Waals surface area (Å²) >= 11 is 5.24. The molecule has 88 valence electrons. The summed E-state index contributed by atoms with van der Waals surface area (Å²) in [6.45, 7) is 4.51. The summed E-state index contributed by atoms with van der Waals surface area (Å²) < 4.78 is 0.747. The van der Waals surface area contributed by atoms with Gasteiger partial charge in [0.05, 0.1) is 0 Å². The smallest absolute Gasteiger partial charge is 0.129 e. The van der Waals surface area contributed by atoms with Crippen LogP contribution < -0.4 is 0 Å². The molecule has 1 heterocycles. The Morgan fingerprint density at radius 2 is 2.31 bits per heavy atom. The predicted molar refractivity (Wildman–Crippen MR) is 69.2 cm³/mol. The molecular weight excluding hydrogens is 216 g/mol. The third-order valence-electron chi connectivity index (χ3n) is 3.42. The summed E-state index contributed by atoms with van der Waals surface area (Å²) in [5.41, 5.74) is 1.25. The Kier molecular flexibility index (Phi) is 3.74. The first-order valence-electron chi connectivity index (χ1n) is 6.29. The molecule has 0 spiro atoms. The maximum atomic E-state index is 5.24. The highest BCUT2D eigenvalue weighted by atomic mass is 32.1. The van der Waals surface area contributed by atoms with E-state index in [2.05, 4.69) is 23.8 Å². The summed E-state index contributed by atoms with van der Waals surface area (Å²) in [4.78, 5) is 7.96. The van der Waals surface area contributed by atoms with Crippen LogP contribution in [-0.2, 0) is 6.42 Å². The molecule has 1 aromatic rings. The third-order valence-corrected chi connectivity index (χ3v) is 3.63. The van der Waals surface area contributed by atoms with Crippen LogP contribution in [0, 0.1) is 10.6 Å². The zero-order valence-electron chi connectivity index (χ0n) is 10.1. The maximum absolute atomic E-state index is 5.24. The standard InChI is InChI=1S/C13H20N2S/c1-3-4-11-8-12(16)15-13(14-11)10-6-5-9(2)7-10/h8-10H,3-7H2,1-2H3,(H,14,15,16). The number of nitrogens with zero attached hydrogens (tertiary/aromatic N) is 1. The molecule has 0 aliphatic heterocycles. The minimum atomic E-state index is 0.605. The third kappa shape index (κ3) is 2.70. The van der Waals surface area contributed by atoms with E-state index in [1.54, 1.807) is 0 Å². The summed E-state index contributed by atoms with van der Waals surface area (Å²) in [5.74, 6) is 2.57. The second-order valence-corrected chi connectivity index (χ2v) is 5.41. The highest BCUT2D eigenvalue weighted by Gasteiger charge is 2.24. The van der Waals surface area contributed by atoms with Gasteiger partial charge in [0.25, 0.3) is 0 Å². The van der Waals surface area contributed by atoms with Crippen LogP contribution in [0.3, 0.4) is 0 Å². The molecule has 1 saturated carbocycles. The molecule has 1 aliphatic carbocycles. The first-order valence-corrected chi connectivity index (χ1v) is 6.70. The van der Waals surface area contributed by atoms with Crippen LogP contribution in [0.1, 0.15) is 57.0 Å².